The average molecular weight is 321 g/mol. The molecule has 3 heteroatoms. The molecular weight excluding hydrogens is 306 g/mol. The second-order valence-corrected chi connectivity index (χ2v) is 6.01. The molecule has 0 spiro atoms. The summed E-state index contributed by atoms with van der Waals surface area (Å²) >= 11 is 0. The van der Waals surface area contributed by atoms with E-state index >= 15 is 0 Å². The SMILES string of the molecule is c1cncc(-c2cc(-n3c4ccccc4c4ccccc43)ccn2)c1. The van der Waals surface area contributed by atoms with Crippen molar-refractivity contribution in [1.82, 2.24) is 14.5 Å². The van der Waals surface area contributed by atoms with Crippen LogP contribution >= 0.6 is 0 Å². The zero-order valence-electron chi connectivity index (χ0n) is 13.5. The number of pyridine rings is 2. The first kappa shape index (κ1) is 13.9. The first-order valence-corrected chi connectivity index (χ1v) is 8.27. The molecule has 5 rings (SSSR count). The van der Waals surface area contributed by atoms with Crippen molar-refractivity contribution in [3.8, 4) is 16.9 Å². The molecule has 0 aliphatic heterocycles. The van der Waals surface area contributed by atoms with Gasteiger partial charge in [-0.05, 0) is 36.4 Å². The Morgan fingerprint density at radius 2 is 1.40 bits per heavy atom. The van der Waals surface area contributed by atoms with Gasteiger partial charge in [0.25, 0.3) is 0 Å². The van der Waals surface area contributed by atoms with E-state index in [0.29, 0.717) is 0 Å². The quantitative estimate of drug-likeness (QED) is 0.445. The summed E-state index contributed by atoms with van der Waals surface area (Å²) in [4.78, 5) is 8.73. The van der Waals surface area contributed by atoms with Crippen LogP contribution in [0.25, 0.3) is 38.8 Å². The third kappa shape index (κ3) is 2.21. The number of benzene rings is 2. The Bertz CT molecular complexity index is 1140. The van der Waals surface area contributed by atoms with Gasteiger partial charge in [0.15, 0.2) is 0 Å². The van der Waals surface area contributed by atoms with Gasteiger partial charge in [0, 0.05) is 40.6 Å². The summed E-state index contributed by atoms with van der Waals surface area (Å²) < 4.78 is 2.30. The number of hydrogen-bond donors (Lipinski definition) is 0. The predicted octanol–water partition coefficient (Wildman–Crippen LogP) is 5.24. The Labute approximate surface area is 145 Å². The minimum Gasteiger partial charge on any atom is -0.309 e. The topological polar surface area (TPSA) is 30.7 Å². The molecule has 0 saturated carbocycles. The minimum absolute atomic E-state index is 0.924. The van der Waals surface area contributed by atoms with Crippen molar-refractivity contribution in [2.24, 2.45) is 0 Å². The van der Waals surface area contributed by atoms with Crippen LogP contribution in [0.5, 0.6) is 0 Å². The Morgan fingerprint density at radius 3 is 2.08 bits per heavy atom. The van der Waals surface area contributed by atoms with Crippen LogP contribution in [0.3, 0.4) is 0 Å². The van der Waals surface area contributed by atoms with Crippen LogP contribution in [-0.4, -0.2) is 14.5 Å². The molecule has 25 heavy (non-hydrogen) atoms. The lowest BCUT2D eigenvalue weighted by Gasteiger charge is -2.09. The van der Waals surface area contributed by atoms with E-state index in [-0.39, 0.29) is 0 Å². The fourth-order valence-electron chi connectivity index (χ4n) is 3.43. The fraction of sp³-hybridized carbons (Fsp3) is 0. The summed E-state index contributed by atoms with van der Waals surface area (Å²) in [5, 5.41) is 2.52. The van der Waals surface area contributed by atoms with Gasteiger partial charge >= 0.3 is 0 Å². The van der Waals surface area contributed by atoms with E-state index in [0.717, 1.165) is 16.9 Å². The van der Waals surface area contributed by atoms with Crippen LogP contribution in [0.4, 0.5) is 0 Å². The van der Waals surface area contributed by atoms with Gasteiger partial charge in [0.2, 0.25) is 0 Å². The van der Waals surface area contributed by atoms with Crippen LogP contribution in [0.1, 0.15) is 0 Å². The van der Waals surface area contributed by atoms with E-state index in [2.05, 4.69) is 75.2 Å². The molecule has 0 bridgehead atoms. The third-order valence-corrected chi connectivity index (χ3v) is 4.54. The predicted molar refractivity (Wildman–Crippen MR) is 102 cm³/mol. The summed E-state index contributed by atoms with van der Waals surface area (Å²) in [5.41, 5.74) is 5.45. The average Bonchev–Trinajstić information content (AvgIpc) is 3.03. The van der Waals surface area contributed by atoms with Gasteiger partial charge in [-0.25, -0.2) is 0 Å². The summed E-state index contributed by atoms with van der Waals surface area (Å²) in [5.74, 6) is 0. The van der Waals surface area contributed by atoms with E-state index in [1.165, 1.54) is 21.8 Å². The number of para-hydroxylation sites is 2. The molecule has 3 nitrogen and oxygen atoms in total. The Balaban J connectivity index is 1.81. The van der Waals surface area contributed by atoms with Crippen molar-refractivity contribution in [2.75, 3.05) is 0 Å². The lowest BCUT2D eigenvalue weighted by atomic mass is 10.2. The van der Waals surface area contributed by atoms with Gasteiger partial charge < -0.3 is 4.57 Å². The normalized spacial score (nSPS) is 11.2. The Morgan fingerprint density at radius 1 is 0.680 bits per heavy atom. The smallest absolute Gasteiger partial charge is 0.0738 e. The summed E-state index contributed by atoms with van der Waals surface area (Å²) in [6.07, 6.45) is 5.49. The number of hydrogen-bond acceptors (Lipinski definition) is 2. The molecule has 5 aromatic rings. The van der Waals surface area contributed by atoms with E-state index in [9.17, 15) is 0 Å². The van der Waals surface area contributed by atoms with Crippen molar-refractivity contribution in [3.05, 3.63) is 91.4 Å². The van der Waals surface area contributed by atoms with Crippen LogP contribution < -0.4 is 0 Å². The Hall–Kier alpha value is -3.46. The first-order valence-electron chi connectivity index (χ1n) is 8.27. The molecule has 3 aromatic heterocycles. The van der Waals surface area contributed by atoms with Crippen molar-refractivity contribution in [1.29, 1.82) is 0 Å². The molecular formula is C22H15N3. The summed E-state index contributed by atoms with van der Waals surface area (Å²) in [6.45, 7) is 0. The fourth-order valence-corrected chi connectivity index (χ4v) is 3.43. The van der Waals surface area contributed by atoms with Gasteiger partial charge in [0.1, 0.15) is 0 Å². The molecule has 0 saturated heterocycles. The Kier molecular flexibility index (Phi) is 3.10. The monoisotopic (exact) mass is 321 g/mol. The standard InChI is InChI=1S/C22H15N3/c1-3-9-21-18(7-1)19-8-2-4-10-22(19)25(21)17-11-13-24-20(14-17)16-6-5-12-23-15-16/h1-15H. The molecule has 0 unspecified atom stereocenters. The lowest BCUT2D eigenvalue weighted by molar-refractivity contribution is 1.15. The summed E-state index contributed by atoms with van der Waals surface area (Å²) in [6, 6.07) is 25.2. The maximum absolute atomic E-state index is 4.53. The van der Waals surface area contributed by atoms with Crippen LogP contribution in [0.2, 0.25) is 0 Å². The molecule has 118 valence electrons. The van der Waals surface area contributed by atoms with E-state index in [1.54, 1.807) is 6.20 Å². The molecule has 0 amide bonds. The minimum atomic E-state index is 0.924. The second kappa shape index (κ2) is 5.56. The largest absolute Gasteiger partial charge is 0.309 e. The van der Waals surface area contributed by atoms with E-state index in [4.69, 9.17) is 0 Å². The zero-order valence-corrected chi connectivity index (χ0v) is 13.5. The highest BCUT2D eigenvalue weighted by atomic mass is 15.0. The van der Waals surface area contributed by atoms with Crippen LogP contribution in [0.15, 0.2) is 91.4 Å². The second-order valence-electron chi connectivity index (χ2n) is 6.01. The number of aromatic nitrogens is 3. The molecule has 0 atom stereocenters. The maximum Gasteiger partial charge on any atom is 0.0738 e. The number of rotatable bonds is 2. The van der Waals surface area contributed by atoms with Gasteiger partial charge in [-0.1, -0.05) is 36.4 Å². The molecule has 0 aliphatic rings. The van der Waals surface area contributed by atoms with Crippen molar-refractivity contribution in [2.45, 2.75) is 0 Å². The molecule has 0 aliphatic carbocycles. The summed E-state index contributed by atoms with van der Waals surface area (Å²) in [7, 11) is 0. The molecule has 0 N–H and O–H groups in total. The molecule has 0 radical (unpaired) electrons. The number of nitrogens with zero attached hydrogens (tertiary/aromatic N) is 3. The van der Waals surface area contributed by atoms with E-state index < -0.39 is 0 Å². The highest BCUT2D eigenvalue weighted by Crippen LogP contribution is 2.32. The zero-order chi connectivity index (χ0) is 16.6. The first-order chi connectivity index (χ1) is 12.4. The molecule has 0 fully saturated rings. The van der Waals surface area contributed by atoms with Crippen LogP contribution in [-0.2, 0) is 0 Å². The van der Waals surface area contributed by atoms with Gasteiger partial charge in [-0.3, -0.25) is 9.97 Å². The molecule has 3 heterocycles. The maximum atomic E-state index is 4.53. The van der Waals surface area contributed by atoms with Gasteiger partial charge in [0.05, 0.1) is 16.7 Å². The highest BCUT2D eigenvalue weighted by Gasteiger charge is 2.12. The van der Waals surface area contributed by atoms with E-state index in [1.807, 2.05) is 24.5 Å². The van der Waals surface area contributed by atoms with Crippen LogP contribution in [0, 0.1) is 0 Å². The van der Waals surface area contributed by atoms with Gasteiger partial charge in [-0.2, -0.15) is 0 Å². The van der Waals surface area contributed by atoms with Gasteiger partial charge in [-0.15, -0.1) is 0 Å². The number of fused-ring (bicyclic) bond motifs is 3. The lowest BCUT2D eigenvalue weighted by Crippen LogP contribution is -1.95. The van der Waals surface area contributed by atoms with Crippen molar-refractivity contribution in [3.63, 3.8) is 0 Å². The van der Waals surface area contributed by atoms with Crippen molar-refractivity contribution >= 4 is 21.8 Å². The highest BCUT2D eigenvalue weighted by molar-refractivity contribution is 6.09. The van der Waals surface area contributed by atoms with Crippen molar-refractivity contribution < 1.29 is 0 Å². The third-order valence-electron chi connectivity index (χ3n) is 4.54. The molecule has 2 aromatic carbocycles.